The van der Waals surface area contributed by atoms with E-state index in [1.807, 2.05) is 0 Å². The van der Waals surface area contributed by atoms with Crippen molar-refractivity contribution in [3.8, 4) is 0 Å². The van der Waals surface area contributed by atoms with E-state index in [1.165, 1.54) is 0 Å². The SMILES string of the molecule is O=S(O)OS(=O)OS(=O)O.[Ca+2].[Ca+2].[H-].[H-].[H-].[H-].[H-].[H-].[Li+].[Li+]. The average molecular weight is 310 g/mol. The van der Waals surface area contributed by atoms with Crippen LogP contribution in [0.1, 0.15) is 8.56 Å². The van der Waals surface area contributed by atoms with Gasteiger partial charge in [0.15, 0.2) is 0 Å². The van der Waals surface area contributed by atoms with Crippen LogP contribution in [0.5, 0.6) is 0 Å². The van der Waals surface area contributed by atoms with Crippen molar-refractivity contribution in [2.75, 3.05) is 0 Å². The molecule has 0 aromatic heterocycles. The normalized spacial score (nSPS) is 14.1. The molecule has 0 spiro atoms. The summed E-state index contributed by atoms with van der Waals surface area (Å²) in [6, 6.07) is 0. The van der Waals surface area contributed by atoms with Crippen molar-refractivity contribution in [1.29, 1.82) is 0 Å². The summed E-state index contributed by atoms with van der Waals surface area (Å²) in [5.41, 5.74) is 0. The summed E-state index contributed by atoms with van der Waals surface area (Å²) in [4.78, 5) is 0. The summed E-state index contributed by atoms with van der Waals surface area (Å²) in [6.45, 7) is 0. The molecule has 0 aromatic rings. The number of rotatable bonds is 4. The van der Waals surface area contributed by atoms with E-state index >= 15 is 0 Å². The second kappa shape index (κ2) is 19.3. The summed E-state index contributed by atoms with van der Waals surface area (Å²) >= 11 is -8.25. The van der Waals surface area contributed by atoms with Crippen LogP contribution in [0.25, 0.3) is 0 Å². The molecule has 0 bridgehead atoms. The second-order valence-electron chi connectivity index (χ2n) is 0.774. The maximum Gasteiger partial charge on any atom is 2.00 e. The number of hydrogen-bond acceptors (Lipinski definition) is 5. The van der Waals surface area contributed by atoms with E-state index in [0.29, 0.717) is 0 Å². The molecule has 14 heteroatoms. The molecule has 0 rings (SSSR count). The van der Waals surface area contributed by atoms with Crippen LogP contribution in [0, 0.1) is 0 Å². The molecule has 0 saturated carbocycles. The van der Waals surface area contributed by atoms with E-state index in [-0.39, 0.29) is 122 Å². The summed E-state index contributed by atoms with van der Waals surface area (Å²) in [5, 5.41) is 0. The molecule has 0 heterocycles. The van der Waals surface area contributed by atoms with Crippen LogP contribution in [0.15, 0.2) is 0 Å². The zero-order valence-electron chi connectivity index (χ0n) is 13.6. The molecule has 0 aliphatic heterocycles. The van der Waals surface area contributed by atoms with Gasteiger partial charge >= 0.3 is 147 Å². The zero-order valence-corrected chi connectivity index (χ0v) is 14.4. The van der Waals surface area contributed by atoms with Crippen molar-refractivity contribution in [3.63, 3.8) is 0 Å². The van der Waals surface area contributed by atoms with E-state index in [4.69, 9.17) is 9.11 Å². The van der Waals surface area contributed by atoms with Crippen LogP contribution in [0.3, 0.4) is 0 Å². The molecular weight excluding hydrogens is 302 g/mol. The fraction of sp³-hybridized carbons (Fsp3) is 0. The molecule has 0 aromatic carbocycles. The van der Waals surface area contributed by atoms with Gasteiger partial charge in [0.25, 0.3) is 0 Å². The van der Waals surface area contributed by atoms with Crippen LogP contribution >= 0.6 is 0 Å². The van der Waals surface area contributed by atoms with Gasteiger partial charge in [-0.25, -0.2) is 0 Å². The Hall–Kier alpha value is 4.00. The van der Waals surface area contributed by atoms with Crippen LogP contribution in [0.4, 0.5) is 0 Å². The molecule has 0 aliphatic carbocycles. The average Bonchev–Trinajstić information content (AvgIpc) is 1.58. The minimum Gasteiger partial charge on any atom is -1.00 e. The maximum atomic E-state index is 10.0. The predicted octanol–water partition coefficient (Wildman–Crippen LogP) is -7.21. The summed E-state index contributed by atoms with van der Waals surface area (Å²) in [6.07, 6.45) is 0. The van der Waals surface area contributed by atoms with Gasteiger partial charge in [-0.15, -0.1) is 7.26 Å². The van der Waals surface area contributed by atoms with Gasteiger partial charge in [-0.1, -0.05) is 0 Å². The van der Waals surface area contributed by atoms with Crippen LogP contribution < -0.4 is 37.7 Å². The second-order valence-corrected chi connectivity index (χ2v) is 3.14. The summed E-state index contributed by atoms with van der Waals surface area (Å²) in [5.74, 6) is 0. The third-order valence-corrected chi connectivity index (χ3v) is 2.05. The fourth-order valence-corrected chi connectivity index (χ4v) is 1.16. The third kappa shape index (κ3) is 25.0. The van der Waals surface area contributed by atoms with Gasteiger partial charge in [0.2, 0.25) is 0 Å². The van der Waals surface area contributed by atoms with Crippen molar-refractivity contribution in [3.05, 3.63) is 0 Å². The van der Waals surface area contributed by atoms with Crippen molar-refractivity contribution in [1.82, 2.24) is 0 Å². The van der Waals surface area contributed by atoms with E-state index < -0.39 is 34.1 Å². The smallest absolute Gasteiger partial charge is 1.00 e. The minimum atomic E-state index is -2.78. The van der Waals surface area contributed by atoms with Crippen molar-refractivity contribution in [2.45, 2.75) is 0 Å². The molecule has 0 fully saturated rings. The standard InChI is InChI=1S/2Ca.2Li.H2O7S3.6H/c;;;;1-8(2)6-10(5)7-9(3)4;;;;;;/h;;;;(H,1,2)(H,3,4);;;;;;/q2*+2;2*+1;;6*-1. The Balaban J connectivity index is -0.00000000900. The molecule has 14 heavy (non-hydrogen) atoms. The maximum absolute atomic E-state index is 10.0. The monoisotopic (exact) mass is 310 g/mol. The van der Waals surface area contributed by atoms with Gasteiger partial charge in [-0.2, -0.15) is 12.6 Å². The van der Waals surface area contributed by atoms with Gasteiger partial charge in [0.05, 0.1) is 0 Å². The third-order valence-electron chi connectivity index (χ3n) is 0.228. The number of hydrogen-bond donors (Lipinski definition) is 2. The summed E-state index contributed by atoms with van der Waals surface area (Å²) < 4.78 is 51.9. The molecule has 7 nitrogen and oxygen atoms in total. The van der Waals surface area contributed by atoms with Crippen molar-refractivity contribution in [2.24, 2.45) is 0 Å². The Morgan fingerprint density at radius 2 is 1.07 bits per heavy atom. The largest absolute Gasteiger partial charge is 2.00 e. The molecule has 0 amide bonds. The first-order valence-electron chi connectivity index (χ1n) is 1.53. The van der Waals surface area contributed by atoms with Crippen LogP contribution in [0.2, 0.25) is 0 Å². The first-order valence-corrected chi connectivity index (χ1v) is 4.60. The molecule has 0 aliphatic rings. The van der Waals surface area contributed by atoms with E-state index in [9.17, 15) is 12.6 Å². The molecule has 0 saturated heterocycles. The minimum absolute atomic E-state index is 0. The van der Waals surface area contributed by atoms with Crippen LogP contribution in [-0.2, 0) is 41.3 Å². The molecule has 2 N–H and O–H groups in total. The zero-order chi connectivity index (χ0) is 8.15. The van der Waals surface area contributed by atoms with Crippen molar-refractivity contribution >= 4 is 110 Å². The first kappa shape index (κ1) is 30.8. The van der Waals surface area contributed by atoms with Gasteiger partial charge in [-0.05, 0) is 0 Å². The molecule has 2 atom stereocenters. The van der Waals surface area contributed by atoms with Crippen molar-refractivity contribution < 1.29 is 75.3 Å². The van der Waals surface area contributed by atoms with E-state index in [0.717, 1.165) is 0 Å². The van der Waals surface area contributed by atoms with E-state index in [1.54, 1.807) is 0 Å². The van der Waals surface area contributed by atoms with Gasteiger partial charge < -0.3 is 8.56 Å². The Bertz CT molecular complexity index is 185. The Morgan fingerprint density at radius 3 is 1.21 bits per heavy atom. The fourth-order valence-electron chi connectivity index (χ4n) is 0.106. The summed E-state index contributed by atoms with van der Waals surface area (Å²) in [7, 11) is 0. The molecule has 2 unspecified atom stereocenters. The molecule has 0 radical (unpaired) electrons. The van der Waals surface area contributed by atoms with Gasteiger partial charge in [0, 0.05) is 0 Å². The predicted molar refractivity (Wildman–Crippen MR) is 50.0 cm³/mol. The Morgan fingerprint density at radius 1 is 0.857 bits per heavy atom. The van der Waals surface area contributed by atoms with Gasteiger partial charge in [-0.3, -0.25) is 9.11 Å². The Kier molecular flexibility index (Phi) is 42.5. The quantitative estimate of drug-likeness (QED) is 0.392. The molecular formula is H8Ca2Li2O7S3. The van der Waals surface area contributed by atoms with E-state index in [2.05, 4.69) is 7.26 Å². The van der Waals surface area contributed by atoms with Crippen LogP contribution in [-0.4, -0.2) is 97.2 Å². The Labute approximate surface area is 181 Å². The topological polar surface area (TPSA) is 110 Å². The van der Waals surface area contributed by atoms with Gasteiger partial charge in [0.1, 0.15) is 0 Å². The molecule has 74 valence electrons. The first-order chi connectivity index (χ1) is 4.52.